The number of hydrogen-bond donors (Lipinski definition) is 0. The Bertz CT molecular complexity index is 6580. The first-order valence-corrected chi connectivity index (χ1v) is 43.3. The topological polar surface area (TPSA) is 125 Å². The molecule has 0 radical (unpaired) electrons. The van der Waals surface area contributed by atoms with Crippen molar-refractivity contribution in [2.75, 3.05) is 14.2 Å². The summed E-state index contributed by atoms with van der Waals surface area (Å²) < 4.78 is 269. The molecule has 0 saturated heterocycles. The number of nitrogens with zero attached hydrogens (tertiary/aromatic N) is 12. The van der Waals surface area contributed by atoms with Crippen molar-refractivity contribution >= 4 is 77.0 Å². The predicted octanol–water partition coefficient (Wildman–Crippen LogP) is 30.2. The minimum absolute atomic E-state index is 0.215. The molecule has 18 rings (SSSR count). The molecular weight excluding hydrogens is 2150 g/mol. The molecule has 6 aromatic heterocycles. The lowest BCUT2D eigenvalue weighted by atomic mass is 10.1. The van der Waals surface area contributed by atoms with E-state index in [1.807, 2.05) is 42.5 Å². The lowest BCUT2D eigenvalue weighted by Crippen LogP contribution is -2.07. The van der Waals surface area contributed by atoms with Gasteiger partial charge in [-0.05, 0) is 251 Å². The van der Waals surface area contributed by atoms with Crippen LogP contribution in [0, 0.1) is 13.0 Å². The molecule has 0 unspecified atom stereocenters. The Hall–Kier alpha value is -13.4. The molecule has 135 heavy (non-hydrogen) atoms. The number of benzene rings is 12. The van der Waals surface area contributed by atoms with Crippen LogP contribution in [0.5, 0.6) is 11.5 Å². The zero-order chi connectivity index (χ0) is 96.7. The van der Waals surface area contributed by atoms with Gasteiger partial charge in [-0.2, -0.15) is 110 Å². The van der Waals surface area contributed by atoms with Gasteiger partial charge in [-0.15, -0.1) is 0 Å². The highest BCUT2D eigenvalue weighted by Gasteiger charge is 2.41. The minimum atomic E-state index is -4.58. The first-order valence-electron chi connectivity index (χ1n) is 39.6. The molecule has 18 aromatic rings. The molecule has 0 fully saturated rings. The van der Waals surface area contributed by atoms with E-state index in [1.165, 1.54) is 66.6 Å². The van der Waals surface area contributed by atoms with E-state index >= 15 is 0 Å². The molecule has 12 aromatic carbocycles. The van der Waals surface area contributed by atoms with E-state index in [0.29, 0.717) is 107 Å². The highest BCUT2D eigenvalue weighted by molar-refractivity contribution is 14.1. The number of rotatable bonds is 14. The minimum Gasteiger partial charge on any atom is -0.497 e. The summed E-state index contributed by atoms with van der Waals surface area (Å²) in [6, 6.07) is 97.3. The van der Waals surface area contributed by atoms with Crippen molar-refractivity contribution in [1.29, 1.82) is 0 Å². The van der Waals surface area contributed by atoms with Gasteiger partial charge >= 0.3 is 37.1 Å². The van der Waals surface area contributed by atoms with Crippen LogP contribution in [-0.2, 0) is 37.1 Å². The third-order valence-corrected chi connectivity index (χ3v) is 21.8. The molecule has 690 valence electrons. The molecule has 0 aliphatic heterocycles. The molecule has 0 aliphatic rings. The van der Waals surface area contributed by atoms with Crippen molar-refractivity contribution in [3.8, 4) is 113 Å². The van der Waals surface area contributed by atoms with Crippen molar-refractivity contribution < 1.29 is 92.9 Å². The number of para-hydroxylation sites is 4. The number of ether oxygens (including phenoxy) is 2. The predicted molar refractivity (Wildman–Crippen MR) is 498 cm³/mol. The number of hydrogen-bond acceptors (Lipinski definition) is 8. The summed E-state index contributed by atoms with van der Waals surface area (Å²) in [7, 11) is 3.02. The summed E-state index contributed by atoms with van der Waals surface area (Å²) in [4.78, 5) is 0. The first kappa shape index (κ1) is 99.1. The monoisotopic (exact) mass is 2210 g/mol. The van der Waals surface area contributed by atoms with E-state index in [4.69, 9.17) is 9.47 Å². The number of halogens is 23. The van der Waals surface area contributed by atoms with Gasteiger partial charge in [0.05, 0.1) is 82.5 Å². The first-order chi connectivity index (χ1) is 64.2. The zero-order valence-corrected chi connectivity index (χ0v) is 76.9. The number of alkyl halides is 18. The van der Waals surface area contributed by atoms with Crippen LogP contribution in [0.25, 0.3) is 102 Å². The summed E-state index contributed by atoms with van der Waals surface area (Å²) in [5.74, 6) is 0.730. The highest BCUT2D eigenvalue weighted by atomic mass is 127. The highest BCUT2D eigenvalue weighted by Crippen LogP contribution is 2.42. The molecule has 6 heterocycles. The normalized spacial score (nSPS) is 11.6. The molecule has 0 saturated carbocycles. The zero-order valence-electron chi connectivity index (χ0n) is 69.4. The Balaban J connectivity index is 0.000000137. The smallest absolute Gasteiger partial charge is 0.435 e. The van der Waals surface area contributed by atoms with E-state index < -0.39 is 77.0 Å². The molecule has 37 heteroatoms. The van der Waals surface area contributed by atoms with Crippen LogP contribution in [0.4, 0.5) is 83.4 Å². The van der Waals surface area contributed by atoms with Crippen LogP contribution in [0.1, 0.15) is 34.2 Å². The lowest BCUT2D eigenvalue weighted by molar-refractivity contribution is -0.142. The van der Waals surface area contributed by atoms with Crippen molar-refractivity contribution in [2.24, 2.45) is 0 Å². The molecule has 0 spiro atoms. The number of methoxy groups -OCH3 is 2. The second-order valence-electron chi connectivity index (χ2n) is 28.6. The molecular formula is C98H65Br2F19I2N12O2. The third-order valence-electron chi connectivity index (χ3n) is 19.4. The van der Waals surface area contributed by atoms with E-state index in [0.717, 1.165) is 52.5 Å². The average molecular weight is 2220 g/mol. The van der Waals surface area contributed by atoms with Gasteiger partial charge in [0.2, 0.25) is 0 Å². The lowest BCUT2D eigenvalue weighted by Gasteiger charge is -2.08. The number of aromatic nitrogens is 12. The van der Waals surface area contributed by atoms with Gasteiger partial charge in [-0.25, -0.2) is 32.5 Å². The fourth-order valence-electron chi connectivity index (χ4n) is 13.0. The largest absolute Gasteiger partial charge is 0.497 e. The Kier molecular flexibility index (Phi) is 31.5. The van der Waals surface area contributed by atoms with Crippen LogP contribution in [0.2, 0.25) is 0 Å². The van der Waals surface area contributed by atoms with Crippen molar-refractivity contribution in [3.63, 3.8) is 0 Å². The summed E-state index contributed by atoms with van der Waals surface area (Å²) >= 11 is 10.9. The van der Waals surface area contributed by atoms with E-state index in [1.54, 1.807) is 255 Å². The molecule has 0 amide bonds. The average Bonchev–Trinajstić information content (AvgIpc) is 1.66. The SMILES string of the molecule is COc1ccc(-n2nc(C(F)(F)F)cc2-c2ccc(F)cc2)cc1.COc1ccc(-n2nc(C(F)(F)F)cc2-c2ccc(I)cc2)cc1.FC(F)(F)c1cc(-c2ccc(Br)cc2)n(-c2ccccc2)n1.FC(F)(F)c1cc(-c2ccc(I)cc2)n(-c2ccccc2)n1.FC(F)(F)c1cc(-c2cccc(Br)c2)n(-c2ccccc2)n1.FC(F)(F)c1cc(-c2ccccc2)n(-c2ccccc2)n1. The van der Waals surface area contributed by atoms with Crippen LogP contribution >= 0.6 is 77.0 Å². The van der Waals surface area contributed by atoms with E-state index in [-0.39, 0.29) is 5.69 Å². The van der Waals surface area contributed by atoms with Gasteiger partial charge in [0.25, 0.3) is 0 Å². The van der Waals surface area contributed by atoms with Crippen LogP contribution in [0.15, 0.2) is 367 Å². The Morgan fingerprint density at radius 3 is 0.667 bits per heavy atom. The Morgan fingerprint density at radius 2 is 0.430 bits per heavy atom. The standard InChI is InChI=1S/C17H12F4N2O.C17H12F3IN2O.2C16H10BrF3N2.C16H10F3IN2.C16H11F3N2/c1-24-14-8-6-13(7-9-14)23-15(10-16(22-23)17(19,20)21)11-2-4-12(18)5-3-11;1-24-14-8-6-13(7-9-14)23-15(10-16(22-23)17(18,19)20)11-2-4-12(21)5-3-11;17-12-6-4-5-11(9-12)14-10-15(16(18,19)20)21-22(14)13-7-2-1-3-8-13;17-12-8-6-11(7-9-12)14-10-15(16(18,19)20)21-22(14)13-4-2-1-3-5-13;17-16(18,19)15-10-14(11-6-8-12(20)9-7-11)22(21-15)13-4-2-1-3-5-13;17-16(18,19)15-11-14(12-7-3-1-4-8-12)21(20-15)13-9-5-2-6-10-13/h2*2-10H,1H3;3*1-10H;1-11H. The molecule has 0 atom stereocenters. The maximum atomic E-state index is 13.1. The van der Waals surface area contributed by atoms with Gasteiger partial charge in [-0.1, -0.05) is 184 Å². The molecule has 0 bridgehead atoms. The van der Waals surface area contributed by atoms with Crippen LogP contribution < -0.4 is 9.47 Å². The maximum absolute atomic E-state index is 13.1. The fraction of sp³-hybridized carbons (Fsp3) is 0.0816. The van der Waals surface area contributed by atoms with Gasteiger partial charge in [0.1, 0.15) is 17.3 Å². The second kappa shape index (κ2) is 42.9. The molecule has 0 aliphatic carbocycles. The van der Waals surface area contributed by atoms with E-state index in [9.17, 15) is 83.4 Å². The summed E-state index contributed by atoms with van der Waals surface area (Å²) in [5.41, 5.74) is 3.72. The quantitative estimate of drug-likeness (QED) is 0.0778. The van der Waals surface area contributed by atoms with Gasteiger partial charge in [-0.3, -0.25) is 0 Å². The van der Waals surface area contributed by atoms with Gasteiger partial charge < -0.3 is 9.47 Å². The van der Waals surface area contributed by atoms with E-state index in [2.05, 4.69) is 108 Å². The maximum Gasteiger partial charge on any atom is 0.435 e. The van der Waals surface area contributed by atoms with Crippen molar-refractivity contribution in [1.82, 2.24) is 58.7 Å². The fourth-order valence-corrected chi connectivity index (χ4v) is 14.4. The van der Waals surface area contributed by atoms with Crippen LogP contribution in [-0.4, -0.2) is 72.9 Å². The van der Waals surface area contributed by atoms with Crippen LogP contribution in [0.3, 0.4) is 0 Å². The van der Waals surface area contributed by atoms with Crippen molar-refractivity contribution in [2.45, 2.75) is 37.1 Å². The second-order valence-corrected chi connectivity index (χ2v) is 32.9. The third kappa shape index (κ3) is 25.8. The van der Waals surface area contributed by atoms with Gasteiger partial charge in [0.15, 0.2) is 34.2 Å². The van der Waals surface area contributed by atoms with Gasteiger partial charge in [0, 0.05) is 49.5 Å². The summed E-state index contributed by atoms with van der Waals surface area (Å²) in [5, 5.41) is 22.3. The summed E-state index contributed by atoms with van der Waals surface area (Å²) in [6.45, 7) is 0. The molecule has 0 N–H and O–H groups in total. The molecule has 14 nitrogen and oxygen atoms in total. The summed E-state index contributed by atoms with van der Waals surface area (Å²) in [6.07, 6.45) is -27.0. The Labute approximate surface area is 801 Å². The van der Waals surface area contributed by atoms with Crippen molar-refractivity contribution in [3.05, 3.63) is 414 Å². The Morgan fingerprint density at radius 1 is 0.222 bits per heavy atom.